The topological polar surface area (TPSA) is 75.3 Å². The van der Waals surface area contributed by atoms with Crippen molar-refractivity contribution in [3.63, 3.8) is 0 Å². The summed E-state index contributed by atoms with van der Waals surface area (Å²) in [5, 5.41) is 12.2. The van der Waals surface area contributed by atoms with E-state index >= 15 is 0 Å². The van der Waals surface area contributed by atoms with Gasteiger partial charge in [0.05, 0.1) is 11.3 Å². The number of rotatable bonds is 6. The van der Waals surface area contributed by atoms with Crippen LogP contribution >= 0.6 is 0 Å². The highest BCUT2D eigenvalue weighted by Gasteiger charge is 2.09. The number of hydrogen-bond donors (Lipinski definition) is 3. The molecule has 17 heavy (non-hydrogen) atoms. The van der Waals surface area contributed by atoms with E-state index in [2.05, 4.69) is 19.2 Å². The fourth-order valence-corrected chi connectivity index (χ4v) is 1.63. The number of hydrogen-bond acceptors (Lipinski definition) is 3. The summed E-state index contributed by atoms with van der Waals surface area (Å²) in [4.78, 5) is 11.0. The van der Waals surface area contributed by atoms with Crippen LogP contribution in [0, 0.1) is 5.92 Å². The SMILES string of the molecule is CC(C)CCCNc1cc(N)ccc1C(=O)O. The molecule has 0 amide bonds. The largest absolute Gasteiger partial charge is 0.478 e. The minimum atomic E-state index is -0.934. The molecule has 0 aromatic heterocycles. The van der Waals surface area contributed by atoms with Gasteiger partial charge in [0.25, 0.3) is 0 Å². The molecule has 1 aromatic carbocycles. The number of aromatic carboxylic acids is 1. The Morgan fingerprint density at radius 3 is 2.76 bits per heavy atom. The van der Waals surface area contributed by atoms with Crippen LogP contribution in [-0.2, 0) is 0 Å². The minimum Gasteiger partial charge on any atom is -0.478 e. The summed E-state index contributed by atoms with van der Waals surface area (Å²) >= 11 is 0. The van der Waals surface area contributed by atoms with Crippen molar-refractivity contribution in [3.05, 3.63) is 23.8 Å². The van der Waals surface area contributed by atoms with Gasteiger partial charge in [0, 0.05) is 12.2 Å². The van der Waals surface area contributed by atoms with E-state index in [0.717, 1.165) is 19.4 Å². The number of carbonyl (C=O) groups is 1. The molecule has 0 aliphatic rings. The average molecular weight is 236 g/mol. The Bertz CT molecular complexity index is 389. The van der Waals surface area contributed by atoms with Gasteiger partial charge >= 0.3 is 5.97 Å². The van der Waals surface area contributed by atoms with Crippen LogP contribution < -0.4 is 11.1 Å². The first-order valence-electron chi connectivity index (χ1n) is 5.87. The number of carboxylic acids is 1. The molecule has 0 spiro atoms. The molecular weight excluding hydrogens is 216 g/mol. The van der Waals surface area contributed by atoms with Gasteiger partial charge in [-0.05, 0) is 37.0 Å². The van der Waals surface area contributed by atoms with Crippen molar-refractivity contribution < 1.29 is 9.90 Å². The molecule has 1 aromatic rings. The second-order valence-corrected chi connectivity index (χ2v) is 4.57. The molecule has 94 valence electrons. The molecule has 0 atom stereocenters. The summed E-state index contributed by atoms with van der Waals surface area (Å²) in [6, 6.07) is 4.80. The summed E-state index contributed by atoms with van der Waals surface area (Å²) in [7, 11) is 0. The van der Waals surface area contributed by atoms with Gasteiger partial charge in [0.15, 0.2) is 0 Å². The quantitative estimate of drug-likeness (QED) is 0.524. The molecule has 1 rings (SSSR count). The normalized spacial score (nSPS) is 10.5. The lowest BCUT2D eigenvalue weighted by Crippen LogP contribution is -2.09. The molecule has 0 radical (unpaired) electrons. The molecule has 0 saturated carbocycles. The molecule has 0 unspecified atom stereocenters. The Morgan fingerprint density at radius 2 is 2.18 bits per heavy atom. The average Bonchev–Trinajstić information content (AvgIpc) is 2.23. The molecule has 4 N–H and O–H groups in total. The molecular formula is C13H20N2O2. The highest BCUT2D eigenvalue weighted by atomic mass is 16.4. The van der Waals surface area contributed by atoms with Crippen molar-refractivity contribution in [1.29, 1.82) is 0 Å². The Kier molecular flexibility index (Phi) is 4.82. The van der Waals surface area contributed by atoms with Crippen molar-refractivity contribution in [2.45, 2.75) is 26.7 Å². The van der Waals surface area contributed by atoms with Gasteiger partial charge in [-0.3, -0.25) is 0 Å². The zero-order chi connectivity index (χ0) is 12.8. The van der Waals surface area contributed by atoms with Crippen LogP contribution in [0.25, 0.3) is 0 Å². The van der Waals surface area contributed by atoms with E-state index in [1.807, 2.05) is 0 Å². The minimum absolute atomic E-state index is 0.267. The fraction of sp³-hybridized carbons (Fsp3) is 0.462. The van der Waals surface area contributed by atoms with Crippen LogP contribution in [0.5, 0.6) is 0 Å². The smallest absolute Gasteiger partial charge is 0.337 e. The van der Waals surface area contributed by atoms with Crippen LogP contribution in [0.2, 0.25) is 0 Å². The maximum Gasteiger partial charge on any atom is 0.337 e. The number of nitrogens with two attached hydrogens (primary N) is 1. The van der Waals surface area contributed by atoms with Crippen molar-refractivity contribution >= 4 is 17.3 Å². The first-order valence-corrected chi connectivity index (χ1v) is 5.87. The molecule has 0 saturated heterocycles. The molecule has 0 fully saturated rings. The van der Waals surface area contributed by atoms with Gasteiger partial charge in [-0.2, -0.15) is 0 Å². The summed E-state index contributed by atoms with van der Waals surface area (Å²) < 4.78 is 0. The first kappa shape index (κ1) is 13.4. The van der Waals surface area contributed by atoms with Crippen LogP contribution in [0.1, 0.15) is 37.0 Å². The Hall–Kier alpha value is -1.71. The Balaban J connectivity index is 2.62. The highest BCUT2D eigenvalue weighted by Crippen LogP contribution is 2.19. The zero-order valence-electron chi connectivity index (χ0n) is 10.4. The molecule has 4 heteroatoms. The van der Waals surface area contributed by atoms with Crippen molar-refractivity contribution in [2.24, 2.45) is 5.92 Å². The number of nitrogens with one attached hydrogen (secondary N) is 1. The Labute approximate surface area is 102 Å². The lowest BCUT2D eigenvalue weighted by Gasteiger charge is -2.11. The number of nitrogen functional groups attached to an aromatic ring is 1. The third-order valence-electron chi connectivity index (χ3n) is 2.55. The second-order valence-electron chi connectivity index (χ2n) is 4.57. The number of anilines is 2. The maximum atomic E-state index is 11.0. The van der Waals surface area contributed by atoms with Gasteiger partial charge in [-0.1, -0.05) is 13.8 Å². The summed E-state index contributed by atoms with van der Waals surface area (Å²) in [6.07, 6.45) is 2.14. The molecule has 0 aliphatic heterocycles. The Morgan fingerprint density at radius 1 is 1.47 bits per heavy atom. The van der Waals surface area contributed by atoms with Crippen LogP contribution in [0.3, 0.4) is 0 Å². The first-order chi connectivity index (χ1) is 8.00. The molecule has 0 bridgehead atoms. The van der Waals surface area contributed by atoms with Crippen molar-refractivity contribution in [1.82, 2.24) is 0 Å². The van der Waals surface area contributed by atoms with Crippen molar-refractivity contribution in [2.75, 3.05) is 17.6 Å². The maximum absolute atomic E-state index is 11.0. The van der Waals surface area contributed by atoms with E-state index < -0.39 is 5.97 Å². The van der Waals surface area contributed by atoms with Gasteiger partial charge in [0.2, 0.25) is 0 Å². The lowest BCUT2D eigenvalue weighted by molar-refractivity contribution is 0.0698. The van der Waals surface area contributed by atoms with Gasteiger partial charge < -0.3 is 16.2 Å². The van der Waals surface area contributed by atoms with Crippen molar-refractivity contribution in [3.8, 4) is 0 Å². The lowest BCUT2D eigenvalue weighted by atomic mass is 10.1. The summed E-state index contributed by atoms with van der Waals surface area (Å²) in [6.45, 7) is 5.11. The molecule has 4 nitrogen and oxygen atoms in total. The fourth-order valence-electron chi connectivity index (χ4n) is 1.63. The molecule has 0 aliphatic carbocycles. The predicted octanol–water partition coefficient (Wildman–Crippen LogP) is 2.82. The van der Waals surface area contributed by atoms with Gasteiger partial charge in [-0.15, -0.1) is 0 Å². The summed E-state index contributed by atoms with van der Waals surface area (Å²) in [5.41, 5.74) is 7.08. The van der Waals surface area contributed by atoms with Gasteiger partial charge in [0.1, 0.15) is 0 Å². The van der Waals surface area contributed by atoms with Crippen LogP contribution in [0.15, 0.2) is 18.2 Å². The van der Waals surface area contributed by atoms with E-state index in [9.17, 15) is 4.79 Å². The standard InChI is InChI=1S/C13H20N2O2/c1-9(2)4-3-7-15-12-8-10(14)5-6-11(12)13(16)17/h5-6,8-9,15H,3-4,7,14H2,1-2H3,(H,16,17). The predicted molar refractivity (Wildman–Crippen MR) is 70.4 cm³/mol. The molecule has 0 heterocycles. The zero-order valence-corrected chi connectivity index (χ0v) is 10.4. The second kappa shape index (κ2) is 6.13. The third-order valence-corrected chi connectivity index (χ3v) is 2.55. The highest BCUT2D eigenvalue weighted by molar-refractivity contribution is 5.95. The van der Waals surface area contributed by atoms with Gasteiger partial charge in [-0.25, -0.2) is 4.79 Å². The van der Waals surface area contributed by atoms with E-state index in [1.54, 1.807) is 12.1 Å². The van der Waals surface area contributed by atoms with Crippen LogP contribution in [0.4, 0.5) is 11.4 Å². The van der Waals surface area contributed by atoms with E-state index in [-0.39, 0.29) is 5.56 Å². The number of benzene rings is 1. The monoisotopic (exact) mass is 236 g/mol. The third kappa shape index (κ3) is 4.34. The van der Waals surface area contributed by atoms with E-state index in [4.69, 9.17) is 10.8 Å². The number of carboxylic acid groups (broad SMARTS) is 1. The summed E-state index contributed by atoms with van der Waals surface area (Å²) in [5.74, 6) is -0.270. The van der Waals surface area contributed by atoms with E-state index in [1.165, 1.54) is 6.07 Å². The van der Waals surface area contributed by atoms with E-state index in [0.29, 0.717) is 17.3 Å². The van der Waals surface area contributed by atoms with Crippen LogP contribution in [-0.4, -0.2) is 17.6 Å².